The van der Waals surface area contributed by atoms with E-state index >= 15 is 0 Å². The third kappa shape index (κ3) is 7.12. The lowest BCUT2D eigenvalue weighted by Crippen LogP contribution is -2.57. The van der Waals surface area contributed by atoms with Crippen LogP contribution in [-0.2, 0) is 17.9 Å². The third-order valence-corrected chi connectivity index (χ3v) is 8.06. The SMILES string of the molecule is [B]C(O)(O)C([B])([B])n1c(Cc2ccc(Cl)cc2C(F)(F)F)cc2cc(C(=O)NC(CO)c3ccc(SCC)cc3)ccc21. The Labute approximate surface area is 259 Å². The molecule has 43 heavy (non-hydrogen) atoms. The Morgan fingerprint density at radius 2 is 1.70 bits per heavy atom. The Balaban J connectivity index is 1.75. The summed E-state index contributed by atoms with van der Waals surface area (Å²) in [6, 6.07) is 15.6. The summed E-state index contributed by atoms with van der Waals surface area (Å²) in [6.07, 6.45) is -5.15. The predicted octanol–water partition coefficient (Wildman–Crippen LogP) is 4.23. The minimum Gasteiger partial charge on any atom is -0.394 e. The number of nitrogens with one attached hydrogen (secondary N) is 1. The quantitative estimate of drug-likeness (QED) is 0.121. The van der Waals surface area contributed by atoms with Gasteiger partial charge in [0, 0.05) is 43.8 Å². The van der Waals surface area contributed by atoms with Crippen LogP contribution in [0.4, 0.5) is 13.2 Å². The molecule has 0 spiro atoms. The lowest BCUT2D eigenvalue weighted by Gasteiger charge is -2.41. The summed E-state index contributed by atoms with van der Waals surface area (Å²) in [5.74, 6) is 0.357. The van der Waals surface area contributed by atoms with Crippen molar-refractivity contribution in [2.24, 2.45) is 0 Å². The second-order valence-electron chi connectivity index (χ2n) is 9.98. The first-order valence-corrected chi connectivity index (χ1v) is 14.4. The monoisotopic (exact) mass is 622 g/mol. The second-order valence-corrected chi connectivity index (χ2v) is 11.8. The van der Waals surface area contributed by atoms with Crippen LogP contribution in [0.15, 0.2) is 71.6 Å². The first-order chi connectivity index (χ1) is 20.1. The maximum Gasteiger partial charge on any atom is 0.416 e. The maximum atomic E-state index is 13.8. The van der Waals surface area contributed by atoms with Gasteiger partial charge in [0.2, 0.25) is 0 Å². The van der Waals surface area contributed by atoms with Gasteiger partial charge in [0.05, 0.1) is 33.9 Å². The molecule has 0 aliphatic heterocycles. The molecule has 1 atom stereocenters. The first-order valence-electron chi connectivity index (χ1n) is 13.0. The van der Waals surface area contributed by atoms with E-state index in [-0.39, 0.29) is 34.0 Å². The normalized spacial score (nSPS) is 13.3. The Morgan fingerprint density at radius 1 is 1.02 bits per heavy atom. The number of aliphatic hydroxyl groups excluding tert-OH is 1. The highest BCUT2D eigenvalue weighted by Crippen LogP contribution is 2.37. The number of nitrogens with zero attached hydrogens (tertiary/aromatic N) is 1. The third-order valence-electron chi connectivity index (χ3n) is 6.93. The van der Waals surface area contributed by atoms with Gasteiger partial charge in [-0.2, -0.15) is 13.2 Å². The zero-order valence-corrected chi connectivity index (χ0v) is 24.5. The molecule has 14 heteroatoms. The molecule has 1 aromatic heterocycles. The molecule has 1 amide bonds. The lowest BCUT2D eigenvalue weighted by atomic mass is 9.51. The van der Waals surface area contributed by atoms with E-state index < -0.39 is 41.1 Å². The van der Waals surface area contributed by atoms with E-state index in [0.29, 0.717) is 10.9 Å². The number of halogens is 4. The summed E-state index contributed by atoms with van der Waals surface area (Å²) in [5, 5.41) is 30.7. The van der Waals surface area contributed by atoms with Crippen LogP contribution >= 0.6 is 23.4 Å². The molecule has 0 saturated heterocycles. The van der Waals surface area contributed by atoms with E-state index in [2.05, 4.69) is 5.32 Å². The van der Waals surface area contributed by atoms with Gasteiger partial charge in [0.1, 0.15) is 5.69 Å². The van der Waals surface area contributed by atoms with Crippen molar-refractivity contribution >= 4 is 63.7 Å². The Morgan fingerprint density at radius 3 is 2.28 bits per heavy atom. The van der Waals surface area contributed by atoms with Gasteiger partial charge >= 0.3 is 6.18 Å². The van der Waals surface area contributed by atoms with E-state index in [0.717, 1.165) is 21.3 Å². The van der Waals surface area contributed by atoms with E-state index in [1.54, 1.807) is 11.8 Å². The zero-order valence-electron chi connectivity index (χ0n) is 22.9. The molecule has 0 aliphatic rings. The van der Waals surface area contributed by atoms with Crippen LogP contribution in [0, 0.1) is 0 Å². The summed E-state index contributed by atoms with van der Waals surface area (Å²) in [7, 11) is 17.6. The van der Waals surface area contributed by atoms with Crippen molar-refractivity contribution in [1.82, 2.24) is 9.88 Å². The van der Waals surface area contributed by atoms with Crippen LogP contribution in [0.3, 0.4) is 0 Å². The van der Waals surface area contributed by atoms with Gasteiger partial charge in [-0.15, -0.1) is 11.8 Å². The van der Waals surface area contributed by atoms with Crippen LogP contribution in [0.1, 0.15) is 45.7 Å². The smallest absolute Gasteiger partial charge is 0.394 e. The molecule has 218 valence electrons. The molecule has 1 heterocycles. The largest absolute Gasteiger partial charge is 0.416 e. The van der Waals surface area contributed by atoms with Gasteiger partial charge in [0.15, 0.2) is 7.85 Å². The number of fused-ring (bicyclic) bond motifs is 1. The van der Waals surface area contributed by atoms with E-state index in [9.17, 15) is 33.3 Å². The number of aliphatic hydroxyl groups is 3. The highest BCUT2D eigenvalue weighted by atomic mass is 35.5. The summed E-state index contributed by atoms with van der Waals surface area (Å²) in [4.78, 5) is 14.3. The fourth-order valence-electron chi connectivity index (χ4n) is 4.75. The number of rotatable bonds is 10. The number of benzene rings is 3. The number of thioether (sulfide) groups is 1. The minimum absolute atomic E-state index is 0.0431. The topological polar surface area (TPSA) is 94.7 Å². The summed E-state index contributed by atoms with van der Waals surface area (Å²) < 4.78 is 42.5. The van der Waals surface area contributed by atoms with Crippen molar-refractivity contribution in [2.45, 2.75) is 41.5 Å². The van der Waals surface area contributed by atoms with Gasteiger partial charge in [-0.05, 0) is 65.4 Å². The number of aromatic nitrogens is 1. The number of hydrogen-bond acceptors (Lipinski definition) is 5. The van der Waals surface area contributed by atoms with Gasteiger partial charge < -0.3 is 25.2 Å². The molecule has 6 radical (unpaired) electrons. The number of carbonyl (C=O) groups is 1. The standard InChI is InChI=1S/C29H25B3ClF3N2O4S/c1-2-43-22-8-4-16(5-9-22)24(15-39)37-26(40)18-6-10-25-19(11-18)13-21(38(25)28(30,31)29(32,41)42)12-17-3-7-20(33)14-23(17)27(34,35)36/h3-11,13-14,24,39,41-42H,2,12,15H2,1H3,(H,37,40). The fourth-order valence-corrected chi connectivity index (χ4v) is 5.58. The van der Waals surface area contributed by atoms with E-state index in [4.69, 9.17) is 35.1 Å². The van der Waals surface area contributed by atoms with Gasteiger partial charge in [-0.1, -0.05) is 36.7 Å². The van der Waals surface area contributed by atoms with Crippen LogP contribution in [-0.4, -0.2) is 67.4 Å². The Kier molecular flexibility index (Phi) is 9.73. The van der Waals surface area contributed by atoms with Crippen molar-refractivity contribution in [3.05, 3.63) is 99.7 Å². The number of amides is 1. The molecular weight excluding hydrogens is 597 g/mol. The highest BCUT2D eigenvalue weighted by molar-refractivity contribution is 7.99. The van der Waals surface area contributed by atoms with Crippen molar-refractivity contribution in [1.29, 1.82) is 0 Å². The molecule has 4 aromatic rings. The molecule has 4 N–H and O–H groups in total. The Hall–Kier alpha value is -2.83. The highest BCUT2D eigenvalue weighted by Gasteiger charge is 2.40. The van der Waals surface area contributed by atoms with E-state index in [1.807, 2.05) is 31.2 Å². The molecular formula is C29H25B3ClF3N2O4S. The van der Waals surface area contributed by atoms with Crippen molar-refractivity contribution in [3.63, 3.8) is 0 Å². The number of hydrogen-bond donors (Lipinski definition) is 4. The summed E-state index contributed by atoms with van der Waals surface area (Å²) >= 11 is 7.48. The maximum absolute atomic E-state index is 13.8. The first kappa shape index (κ1) is 33.1. The van der Waals surface area contributed by atoms with Crippen LogP contribution in [0.2, 0.25) is 5.02 Å². The Bertz CT molecular complexity index is 1630. The molecule has 0 aliphatic carbocycles. The average Bonchev–Trinajstić information content (AvgIpc) is 3.29. The lowest BCUT2D eigenvalue weighted by molar-refractivity contribution is -0.138. The number of alkyl halides is 3. The van der Waals surface area contributed by atoms with Crippen LogP contribution in [0.25, 0.3) is 10.9 Å². The van der Waals surface area contributed by atoms with Crippen molar-refractivity contribution in [3.8, 4) is 0 Å². The average molecular weight is 622 g/mol. The van der Waals surface area contributed by atoms with Crippen LogP contribution < -0.4 is 5.32 Å². The summed E-state index contributed by atoms with van der Waals surface area (Å²) in [5.41, 5.74) is -3.34. The van der Waals surface area contributed by atoms with Gasteiger partial charge in [-0.25, -0.2) is 0 Å². The molecule has 3 aromatic carbocycles. The molecule has 0 saturated carbocycles. The minimum atomic E-state index is -4.74. The fraction of sp³-hybridized carbons (Fsp3) is 0.276. The van der Waals surface area contributed by atoms with Gasteiger partial charge in [-0.3, -0.25) is 4.79 Å². The van der Waals surface area contributed by atoms with Crippen molar-refractivity contribution in [2.75, 3.05) is 12.4 Å². The second kappa shape index (κ2) is 12.7. The van der Waals surface area contributed by atoms with E-state index in [1.165, 1.54) is 36.4 Å². The van der Waals surface area contributed by atoms with Gasteiger partial charge in [0.25, 0.3) is 5.91 Å². The molecule has 1 unspecified atom stereocenters. The van der Waals surface area contributed by atoms with Crippen LogP contribution in [0.5, 0.6) is 0 Å². The zero-order chi connectivity index (χ0) is 31.7. The van der Waals surface area contributed by atoms with Crippen molar-refractivity contribution < 1.29 is 33.3 Å². The molecule has 4 rings (SSSR count). The molecule has 6 nitrogen and oxygen atoms in total. The number of carbonyl (C=O) groups excluding carboxylic acids is 1. The molecule has 0 fully saturated rings. The summed E-state index contributed by atoms with van der Waals surface area (Å²) in [6.45, 7) is 1.66. The predicted molar refractivity (Wildman–Crippen MR) is 164 cm³/mol. The molecule has 0 bridgehead atoms.